The van der Waals surface area contributed by atoms with E-state index in [0.29, 0.717) is 32.0 Å². The molecule has 0 saturated carbocycles. The zero-order valence-corrected chi connectivity index (χ0v) is 16.2. The number of nitrogens with zero attached hydrogens (tertiary/aromatic N) is 1. The van der Waals surface area contributed by atoms with Gasteiger partial charge in [-0.1, -0.05) is 0 Å². The Balaban J connectivity index is 0.00000261. The van der Waals surface area contributed by atoms with Crippen molar-refractivity contribution in [2.24, 2.45) is 5.92 Å². The van der Waals surface area contributed by atoms with Crippen LogP contribution in [0.1, 0.15) is 43.0 Å². The molecule has 2 saturated heterocycles. The van der Waals surface area contributed by atoms with Crippen LogP contribution in [0, 0.1) is 17.6 Å². The summed E-state index contributed by atoms with van der Waals surface area (Å²) in [6, 6.07) is 3.37. The van der Waals surface area contributed by atoms with E-state index in [9.17, 15) is 18.4 Å². The molecule has 1 aromatic rings. The quantitative estimate of drug-likeness (QED) is 0.818. The summed E-state index contributed by atoms with van der Waals surface area (Å²) in [6.45, 7) is 3.84. The molecule has 2 fully saturated rings. The Morgan fingerprint density at radius 3 is 2.52 bits per heavy atom. The van der Waals surface area contributed by atoms with Crippen molar-refractivity contribution >= 4 is 24.2 Å². The van der Waals surface area contributed by atoms with Gasteiger partial charge in [-0.25, -0.2) is 8.78 Å². The predicted molar refractivity (Wildman–Crippen MR) is 101 cm³/mol. The number of hydrogen-bond donors (Lipinski definition) is 2. The molecule has 150 valence electrons. The van der Waals surface area contributed by atoms with E-state index in [1.807, 2.05) is 0 Å². The predicted octanol–water partition coefficient (Wildman–Crippen LogP) is 2.50. The number of halogens is 3. The van der Waals surface area contributed by atoms with Crippen molar-refractivity contribution in [1.82, 2.24) is 15.5 Å². The number of rotatable bonds is 3. The Morgan fingerprint density at radius 1 is 1.19 bits per heavy atom. The van der Waals surface area contributed by atoms with Crippen LogP contribution in [-0.4, -0.2) is 48.4 Å². The van der Waals surface area contributed by atoms with Gasteiger partial charge in [0.2, 0.25) is 5.91 Å². The van der Waals surface area contributed by atoms with Crippen molar-refractivity contribution in [1.29, 1.82) is 0 Å². The van der Waals surface area contributed by atoms with Crippen molar-refractivity contribution in [3.63, 3.8) is 0 Å². The average molecular weight is 402 g/mol. The molecule has 3 rings (SSSR count). The number of benzene rings is 1. The van der Waals surface area contributed by atoms with Crippen LogP contribution in [-0.2, 0) is 4.79 Å². The van der Waals surface area contributed by atoms with E-state index < -0.39 is 17.5 Å². The van der Waals surface area contributed by atoms with E-state index in [1.54, 1.807) is 0 Å². The molecule has 2 aliphatic rings. The summed E-state index contributed by atoms with van der Waals surface area (Å²) in [5.74, 6) is -2.11. The maximum Gasteiger partial charge on any atom is 0.256 e. The maximum atomic E-state index is 13.8. The molecule has 27 heavy (non-hydrogen) atoms. The van der Waals surface area contributed by atoms with Gasteiger partial charge in [0.1, 0.15) is 11.6 Å². The molecule has 0 aliphatic carbocycles. The van der Waals surface area contributed by atoms with Crippen LogP contribution >= 0.6 is 12.4 Å². The molecular weight excluding hydrogens is 376 g/mol. The molecule has 2 unspecified atom stereocenters. The van der Waals surface area contributed by atoms with Gasteiger partial charge in [0, 0.05) is 37.2 Å². The second-order valence-corrected chi connectivity index (χ2v) is 7.19. The molecule has 2 atom stereocenters. The molecule has 8 heteroatoms. The third-order valence-corrected chi connectivity index (χ3v) is 5.40. The lowest BCUT2D eigenvalue weighted by atomic mass is 9.93. The first-order valence-corrected chi connectivity index (χ1v) is 9.24. The first kappa shape index (κ1) is 21.6. The molecule has 1 aromatic carbocycles. The number of amides is 2. The van der Waals surface area contributed by atoms with Gasteiger partial charge in [0.25, 0.3) is 5.91 Å². The summed E-state index contributed by atoms with van der Waals surface area (Å²) in [7, 11) is 0. The number of carbonyl (C=O) groups is 2. The van der Waals surface area contributed by atoms with Crippen LogP contribution in [0.5, 0.6) is 0 Å². The molecule has 2 amide bonds. The van der Waals surface area contributed by atoms with E-state index in [1.165, 1.54) is 11.0 Å². The molecule has 2 heterocycles. The molecule has 2 N–H and O–H groups in total. The molecule has 0 spiro atoms. The standard InChI is InChI=1S/C19H25F2N3O2.ClH/c1-12-17(3-2-8-22-12)23-18(25)13-6-9-24(10-7-13)19(26)15-5-4-14(20)11-16(15)21;/h4-5,11-13,17,22H,2-3,6-10H2,1H3,(H,23,25);1H. The van der Waals surface area contributed by atoms with Crippen molar-refractivity contribution in [2.75, 3.05) is 19.6 Å². The highest BCUT2D eigenvalue weighted by Crippen LogP contribution is 2.21. The van der Waals surface area contributed by atoms with Gasteiger partial charge in [-0.05, 0) is 51.3 Å². The summed E-state index contributed by atoms with van der Waals surface area (Å²) >= 11 is 0. The van der Waals surface area contributed by atoms with Gasteiger partial charge in [-0.2, -0.15) is 0 Å². The Morgan fingerprint density at radius 2 is 1.89 bits per heavy atom. The van der Waals surface area contributed by atoms with Gasteiger partial charge >= 0.3 is 0 Å². The lowest BCUT2D eigenvalue weighted by Crippen LogP contribution is -2.54. The molecular formula is C19H26ClF2N3O2. The van der Waals surface area contributed by atoms with Gasteiger partial charge in [-0.3, -0.25) is 9.59 Å². The number of carbonyl (C=O) groups excluding carboxylic acids is 2. The third kappa shape index (κ3) is 5.17. The van der Waals surface area contributed by atoms with E-state index >= 15 is 0 Å². The zero-order valence-electron chi connectivity index (χ0n) is 15.3. The van der Waals surface area contributed by atoms with Gasteiger partial charge in [-0.15, -0.1) is 12.4 Å². The van der Waals surface area contributed by atoms with Crippen molar-refractivity contribution in [3.05, 3.63) is 35.4 Å². The summed E-state index contributed by atoms with van der Waals surface area (Å²) in [4.78, 5) is 26.5. The highest BCUT2D eigenvalue weighted by molar-refractivity contribution is 5.94. The maximum absolute atomic E-state index is 13.8. The third-order valence-electron chi connectivity index (χ3n) is 5.40. The highest BCUT2D eigenvalue weighted by Gasteiger charge is 2.31. The number of piperidine rings is 2. The normalized spacial score (nSPS) is 23.4. The fraction of sp³-hybridized carbons (Fsp3) is 0.579. The lowest BCUT2D eigenvalue weighted by molar-refractivity contribution is -0.127. The molecule has 2 aliphatic heterocycles. The number of likely N-dealkylation sites (tertiary alicyclic amines) is 1. The molecule has 0 bridgehead atoms. The van der Waals surface area contributed by atoms with Gasteiger partial charge in [0.15, 0.2) is 0 Å². The summed E-state index contributed by atoms with van der Waals surface area (Å²) in [5.41, 5.74) is -0.128. The second-order valence-electron chi connectivity index (χ2n) is 7.19. The largest absolute Gasteiger partial charge is 0.352 e. The van der Waals surface area contributed by atoms with Crippen LogP contribution in [0.3, 0.4) is 0 Å². The highest BCUT2D eigenvalue weighted by atomic mass is 35.5. The molecule has 5 nitrogen and oxygen atoms in total. The summed E-state index contributed by atoms with van der Waals surface area (Å²) < 4.78 is 26.8. The Bertz CT molecular complexity index is 681. The van der Waals surface area contributed by atoms with Crippen LogP contribution in [0.25, 0.3) is 0 Å². The summed E-state index contributed by atoms with van der Waals surface area (Å²) in [5, 5.41) is 6.48. The van der Waals surface area contributed by atoms with Crippen molar-refractivity contribution in [3.8, 4) is 0 Å². The van der Waals surface area contributed by atoms with Gasteiger partial charge in [0.05, 0.1) is 5.56 Å². The minimum Gasteiger partial charge on any atom is -0.352 e. The smallest absolute Gasteiger partial charge is 0.256 e. The fourth-order valence-corrected chi connectivity index (χ4v) is 3.72. The van der Waals surface area contributed by atoms with Crippen LogP contribution in [0.4, 0.5) is 8.78 Å². The zero-order chi connectivity index (χ0) is 18.7. The second kappa shape index (κ2) is 9.46. The van der Waals surface area contributed by atoms with Crippen molar-refractivity contribution < 1.29 is 18.4 Å². The Kier molecular flexibility index (Phi) is 7.56. The Labute approximate surface area is 164 Å². The first-order chi connectivity index (χ1) is 12.5. The molecule has 0 aromatic heterocycles. The SMILES string of the molecule is CC1NCCCC1NC(=O)C1CCN(C(=O)c2ccc(F)cc2F)CC1.Cl. The lowest BCUT2D eigenvalue weighted by Gasteiger charge is -2.35. The summed E-state index contributed by atoms with van der Waals surface area (Å²) in [6.07, 6.45) is 3.12. The first-order valence-electron chi connectivity index (χ1n) is 9.24. The van der Waals surface area contributed by atoms with Crippen LogP contribution < -0.4 is 10.6 Å². The van der Waals surface area contributed by atoms with E-state index in [2.05, 4.69) is 17.6 Å². The van der Waals surface area contributed by atoms with Crippen LogP contribution in [0.15, 0.2) is 18.2 Å². The van der Waals surface area contributed by atoms with E-state index in [4.69, 9.17) is 0 Å². The molecule has 0 radical (unpaired) electrons. The van der Waals surface area contributed by atoms with E-state index in [0.717, 1.165) is 25.5 Å². The fourth-order valence-electron chi connectivity index (χ4n) is 3.72. The van der Waals surface area contributed by atoms with Gasteiger partial charge < -0.3 is 15.5 Å². The van der Waals surface area contributed by atoms with Crippen LogP contribution in [0.2, 0.25) is 0 Å². The minimum absolute atomic E-state index is 0. The van der Waals surface area contributed by atoms with E-state index in [-0.39, 0.29) is 41.9 Å². The minimum atomic E-state index is -0.853. The number of nitrogens with one attached hydrogen (secondary N) is 2. The topological polar surface area (TPSA) is 61.4 Å². The number of hydrogen-bond acceptors (Lipinski definition) is 3. The van der Waals surface area contributed by atoms with Crippen molar-refractivity contribution in [2.45, 2.75) is 44.7 Å². The Hall–Kier alpha value is -1.73. The monoisotopic (exact) mass is 401 g/mol. The average Bonchev–Trinajstić information content (AvgIpc) is 2.63.